The molecule has 0 saturated carbocycles. The number of nitriles is 1. The van der Waals surface area contributed by atoms with Gasteiger partial charge in [0.1, 0.15) is 23.3 Å². The van der Waals surface area contributed by atoms with Crippen LogP contribution in [0.2, 0.25) is 0 Å². The molecule has 0 fully saturated rings. The van der Waals surface area contributed by atoms with Gasteiger partial charge in [-0.3, -0.25) is 0 Å². The molecule has 2 rings (SSSR count). The van der Waals surface area contributed by atoms with Crippen molar-refractivity contribution in [3.63, 3.8) is 0 Å². The minimum atomic E-state index is 0.343. The van der Waals surface area contributed by atoms with Gasteiger partial charge in [-0.25, -0.2) is 9.97 Å². The fraction of sp³-hybridized carbons (Fsp3) is 0.267. The predicted molar refractivity (Wildman–Crippen MR) is 78.4 cm³/mol. The van der Waals surface area contributed by atoms with Gasteiger partial charge in [0.2, 0.25) is 5.95 Å². The zero-order valence-electron chi connectivity index (χ0n) is 12.2. The second kappa shape index (κ2) is 6.57. The largest absolute Gasteiger partial charge is 0.497 e. The third kappa shape index (κ3) is 3.60. The van der Waals surface area contributed by atoms with Gasteiger partial charge in [-0.05, 0) is 23.8 Å². The van der Waals surface area contributed by atoms with Crippen LogP contribution in [0.1, 0.15) is 11.3 Å². The lowest BCUT2D eigenvalue weighted by Crippen LogP contribution is -2.19. The Morgan fingerprint density at radius 1 is 1.19 bits per heavy atom. The van der Waals surface area contributed by atoms with Crippen LogP contribution >= 0.6 is 0 Å². The smallest absolute Gasteiger partial charge is 0.226 e. The van der Waals surface area contributed by atoms with Gasteiger partial charge in [0.05, 0.1) is 14.2 Å². The molecular weight excluding hydrogens is 268 g/mol. The fourth-order valence-corrected chi connectivity index (χ4v) is 1.90. The summed E-state index contributed by atoms with van der Waals surface area (Å²) in [6, 6.07) is 9.24. The van der Waals surface area contributed by atoms with Crippen LogP contribution in [0.5, 0.6) is 11.5 Å². The van der Waals surface area contributed by atoms with Gasteiger partial charge in [0, 0.05) is 25.9 Å². The van der Waals surface area contributed by atoms with Crippen LogP contribution in [0.25, 0.3) is 0 Å². The van der Waals surface area contributed by atoms with E-state index in [2.05, 4.69) is 9.97 Å². The Morgan fingerprint density at radius 3 is 2.43 bits per heavy atom. The fourth-order valence-electron chi connectivity index (χ4n) is 1.90. The van der Waals surface area contributed by atoms with Crippen molar-refractivity contribution >= 4 is 5.95 Å². The van der Waals surface area contributed by atoms with Crippen molar-refractivity contribution in [2.24, 2.45) is 0 Å². The molecule has 0 atom stereocenters. The maximum Gasteiger partial charge on any atom is 0.226 e. The van der Waals surface area contributed by atoms with E-state index < -0.39 is 0 Å². The van der Waals surface area contributed by atoms with E-state index in [1.54, 1.807) is 26.5 Å². The first-order valence-electron chi connectivity index (χ1n) is 6.32. The van der Waals surface area contributed by atoms with E-state index in [0.717, 1.165) is 17.1 Å². The Labute approximate surface area is 123 Å². The van der Waals surface area contributed by atoms with E-state index in [0.29, 0.717) is 18.2 Å². The number of ether oxygens (including phenoxy) is 2. The second-order valence-electron chi connectivity index (χ2n) is 4.43. The molecule has 0 aliphatic heterocycles. The first kappa shape index (κ1) is 14.6. The van der Waals surface area contributed by atoms with Gasteiger partial charge in [-0.15, -0.1) is 0 Å². The molecule has 0 N–H and O–H groups in total. The van der Waals surface area contributed by atoms with Gasteiger partial charge in [0.25, 0.3) is 0 Å². The van der Waals surface area contributed by atoms with Gasteiger partial charge in [-0.1, -0.05) is 0 Å². The number of nitrogens with zero attached hydrogens (tertiary/aromatic N) is 4. The summed E-state index contributed by atoms with van der Waals surface area (Å²) in [5.41, 5.74) is 1.34. The van der Waals surface area contributed by atoms with Crippen molar-refractivity contribution < 1.29 is 9.47 Å². The third-order valence-electron chi connectivity index (χ3n) is 2.93. The van der Waals surface area contributed by atoms with Crippen molar-refractivity contribution in [2.45, 2.75) is 6.54 Å². The summed E-state index contributed by atoms with van der Waals surface area (Å²) in [5.74, 6) is 1.95. The minimum absolute atomic E-state index is 0.343. The maximum atomic E-state index is 8.88. The summed E-state index contributed by atoms with van der Waals surface area (Å²) in [6.45, 7) is 0.572. The Morgan fingerprint density at radius 2 is 1.86 bits per heavy atom. The van der Waals surface area contributed by atoms with Crippen LogP contribution in [0.4, 0.5) is 5.95 Å². The average molecular weight is 284 g/mol. The molecule has 0 aliphatic carbocycles. The van der Waals surface area contributed by atoms with Crippen molar-refractivity contribution in [3.8, 4) is 17.6 Å². The number of hydrogen-bond acceptors (Lipinski definition) is 6. The summed E-state index contributed by atoms with van der Waals surface area (Å²) in [7, 11) is 5.09. The molecule has 2 aromatic rings. The van der Waals surface area contributed by atoms with E-state index in [4.69, 9.17) is 14.7 Å². The highest BCUT2D eigenvalue weighted by atomic mass is 16.5. The highest BCUT2D eigenvalue weighted by molar-refractivity contribution is 5.41. The molecule has 1 heterocycles. The first-order valence-corrected chi connectivity index (χ1v) is 6.32. The molecule has 21 heavy (non-hydrogen) atoms. The lowest BCUT2D eigenvalue weighted by molar-refractivity contribution is 0.393. The zero-order chi connectivity index (χ0) is 15.2. The monoisotopic (exact) mass is 284 g/mol. The molecule has 6 heteroatoms. The summed E-state index contributed by atoms with van der Waals surface area (Å²) in [4.78, 5) is 10.2. The van der Waals surface area contributed by atoms with Crippen molar-refractivity contribution in [1.29, 1.82) is 5.26 Å². The molecular formula is C15H16N4O2. The van der Waals surface area contributed by atoms with E-state index in [1.807, 2.05) is 36.2 Å². The Kier molecular flexibility index (Phi) is 4.57. The highest BCUT2D eigenvalue weighted by Gasteiger charge is 2.08. The molecule has 1 aromatic carbocycles. The van der Waals surface area contributed by atoms with E-state index in [-0.39, 0.29) is 0 Å². The standard InChI is InChI=1S/C15H16N4O2/c1-19(15-17-5-4-12(9-16)18-15)10-11-6-13(20-2)8-14(7-11)21-3/h4-8H,10H2,1-3H3. The molecule has 0 aliphatic rings. The van der Waals surface area contributed by atoms with Crippen molar-refractivity contribution in [1.82, 2.24) is 9.97 Å². The third-order valence-corrected chi connectivity index (χ3v) is 2.93. The Bertz CT molecular complexity index is 645. The summed E-state index contributed by atoms with van der Waals surface area (Å²) in [6.07, 6.45) is 1.57. The minimum Gasteiger partial charge on any atom is -0.497 e. The second-order valence-corrected chi connectivity index (χ2v) is 4.43. The van der Waals surface area contributed by atoms with Gasteiger partial charge in [0.15, 0.2) is 0 Å². The van der Waals surface area contributed by atoms with E-state index in [9.17, 15) is 0 Å². The zero-order valence-corrected chi connectivity index (χ0v) is 12.2. The predicted octanol–water partition coefficient (Wildman–Crippen LogP) is 2.00. The van der Waals surface area contributed by atoms with Crippen LogP contribution < -0.4 is 14.4 Å². The average Bonchev–Trinajstić information content (AvgIpc) is 2.54. The maximum absolute atomic E-state index is 8.88. The Hall–Kier alpha value is -2.81. The van der Waals surface area contributed by atoms with Crippen molar-refractivity contribution in [2.75, 3.05) is 26.2 Å². The summed E-state index contributed by atoms with van der Waals surface area (Å²) >= 11 is 0. The summed E-state index contributed by atoms with van der Waals surface area (Å²) in [5, 5.41) is 8.88. The highest BCUT2D eigenvalue weighted by Crippen LogP contribution is 2.23. The van der Waals surface area contributed by atoms with Gasteiger partial charge >= 0.3 is 0 Å². The van der Waals surface area contributed by atoms with E-state index >= 15 is 0 Å². The molecule has 0 radical (unpaired) electrons. The van der Waals surface area contributed by atoms with Crippen molar-refractivity contribution in [3.05, 3.63) is 41.7 Å². The quantitative estimate of drug-likeness (QED) is 0.836. The molecule has 0 saturated heterocycles. The molecule has 0 amide bonds. The van der Waals surface area contributed by atoms with Crippen LogP contribution in [0, 0.1) is 11.3 Å². The molecule has 0 bridgehead atoms. The number of anilines is 1. The summed E-state index contributed by atoms with van der Waals surface area (Å²) < 4.78 is 10.5. The van der Waals surface area contributed by atoms with E-state index in [1.165, 1.54) is 0 Å². The lowest BCUT2D eigenvalue weighted by atomic mass is 10.2. The van der Waals surface area contributed by atoms with Crippen LogP contribution in [-0.2, 0) is 6.54 Å². The van der Waals surface area contributed by atoms with Crippen LogP contribution in [0.3, 0.4) is 0 Å². The van der Waals surface area contributed by atoms with Gasteiger partial charge in [-0.2, -0.15) is 5.26 Å². The lowest BCUT2D eigenvalue weighted by Gasteiger charge is -2.18. The topological polar surface area (TPSA) is 71.3 Å². The molecule has 0 unspecified atom stereocenters. The van der Waals surface area contributed by atoms with Crippen LogP contribution in [-0.4, -0.2) is 31.2 Å². The number of aromatic nitrogens is 2. The number of rotatable bonds is 5. The first-order chi connectivity index (χ1) is 10.2. The van der Waals surface area contributed by atoms with Crippen LogP contribution in [0.15, 0.2) is 30.5 Å². The molecule has 1 aromatic heterocycles. The number of methoxy groups -OCH3 is 2. The SMILES string of the molecule is COc1cc(CN(C)c2nccc(C#N)n2)cc(OC)c1. The molecule has 6 nitrogen and oxygen atoms in total. The Balaban J connectivity index is 2.22. The number of hydrogen-bond donors (Lipinski definition) is 0. The molecule has 108 valence electrons. The molecule has 0 spiro atoms. The number of benzene rings is 1. The normalized spacial score (nSPS) is 9.81. The van der Waals surface area contributed by atoms with Gasteiger partial charge < -0.3 is 14.4 Å².